The van der Waals surface area contributed by atoms with E-state index < -0.39 is 0 Å². The van der Waals surface area contributed by atoms with Crippen molar-refractivity contribution in [2.75, 3.05) is 31.1 Å². The van der Waals surface area contributed by atoms with E-state index in [2.05, 4.69) is 11.0 Å². The van der Waals surface area contributed by atoms with Crippen molar-refractivity contribution in [3.63, 3.8) is 0 Å². The van der Waals surface area contributed by atoms with Crippen LogP contribution in [0.1, 0.15) is 22.7 Å². The number of hydrogen-bond acceptors (Lipinski definition) is 3. The Morgan fingerprint density at radius 1 is 0.939 bits per heavy atom. The molecule has 1 fully saturated rings. The quantitative estimate of drug-likeness (QED) is 0.426. The average molecular weight is 502 g/mol. The van der Waals surface area contributed by atoms with Crippen LogP contribution in [0, 0.1) is 0 Å². The summed E-state index contributed by atoms with van der Waals surface area (Å²) in [6.45, 7) is 2.56. The third kappa shape index (κ3) is 4.79. The van der Waals surface area contributed by atoms with Gasteiger partial charge in [-0.15, -0.1) is 0 Å². The summed E-state index contributed by atoms with van der Waals surface area (Å²) in [5, 5.41) is 1.88. The first-order chi connectivity index (χ1) is 16.0. The highest BCUT2D eigenvalue weighted by atomic mass is 35.5. The van der Waals surface area contributed by atoms with Crippen LogP contribution in [0.2, 0.25) is 15.1 Å². The highest BCUT2D eigenvalue weighted by molar-refractivity contribution is 6.36. The minimum absolute atomic E-state index is 0.0490. The van der Waals surface area contributed by atoms with Crippen molar-refractivity contribution < 1.29 is 9.53 Å². The minimum Gasteiger partial charge on any atom is -0.493 e. The Bertz CT molecular complexity index is 1180. The molecule has 1 unspecified atom stereocenters. The molecule has 170 valence electrons. The highest BCUT2D eigenvalue weighted by Gasteiger charge is 2.32. The van der Waals surface area contributed by atoms with E-state index in [1.807, 2.05) is 53.4 Å². The lowest BCUT2D eigenvalue weighted by Crippen LogP contribution is -2.51. The van der Waals surface area contributed by atoms with E-state index in [1.165, 1.54) is 5.56 Å². The van der Waals surface area contributed by atoms with Crippen LogP contribution in [-0.4, -0.2) is 37.0 Å². The van der Waals surface area contributed by atoms with Gasteiger partial charge in [0.25, 0.3) is 0 Å². The molecule has 3 aromatic rings. The number of benzene rings is 3. The predicted octanol–water partition coefficient (Wildman–Crippen LogP) is 6.21. The van der Waals surface area contributed by atoms with Gasteiger partial charge in [-0.2, -0.15) is 0 Å². The zero-order chi connectivity index (χ0) is 22.9. The third-order valence-corrected chi connectivity index (χ3v) is 7.11. The summed E-state index contributed by atoms with van der Waals surface area (Å²) in [6.07, 6.45) is 1.28. The molecule has 0 saturated carbocycles. The van der Waals surface area contributed by atoms with Crippen molar-refractivity contribution in [3.05, 3.63) is 92.4 Å². The van der Waals surface area contributed by atoms with Gasteiger partial charge in [-0.3, -0.25) is 4.79 Å². The fraction of sp³-hybridized carbons (Fsp3) is 0.269. The Labute approximate surface area is 208 Å². The number of carbonyl (C=O) groups is 1. The van der Waals surface area contributed by atoms with Crippen LogP contribution in [0.25, 0.3) is 0 Å². The second-order valence-corrected chi connectivity index (χ2v) is 9.69. The van der Waals surface area contributed by atoms with E-state index in [0.717, 1.165) is 29.0 Å². The van der Waals surface area contributed by atoms with Crippen molar-refractivity contribution in [3.8, 4) is 5.75 Å². The number of ether oxygens (including phenoxy) is 1. The summed E-state index contributed by atoms with van der Waals surface area (Å²) < 4.78 is 5.59. The van der Waals surface area contributed by atoms with Gasteiger partial charge in [0.2, 0.25) is 5.91 Å². The minimum atomic E-state index is -0.0490. The normalized spacial score (nSPS) is 17.6. The summed E-state index contributed by atoms with van der Waals surface area (Å²) >= 11 is 18.8. The molecule has 7 heteroatoms. The van der Waals surface area contributed by atoms with Gasteiger partial charge in [0.1, 0.15) is 5.75 Å². The second-order valence-electron chi connectivity index (χ2n) is 8.41. The molecule has 2 heterocycles. The van der Waals surface area contributed by atoms with E-state index in [-0.39, 0.29) is 11.9 Å². The van der Waals surface area contributed by atoms with E-state index in [9.17, 15) is 4.79 Å². The Morgan fingerprint density at radius 3 is 2.52 bits per heavy atom. The molecule has 2 aliphatic heterocycles. The first-order valence-corrected chi connectivity index (χ1v) is 12.1. The van der Waals surface area contributed by atoms with Crippen LogP contribution in [0.15, 0.2) is 60.7 Å². The summed E-state index contributed by atoms with van der Waals surface area (Å²) in [7, 11) is 0. The second kappa shape index (κ2) is 9.46. The van der Waals surface area contributed by atoms with E-state index in [4.69, 9.17) is 39.5 Å². The molecule has 1 amide bonds. The number of fused-ring (bicyclic) bond motifs is 1. The maximum absolute atomic E-state index is 13.3. The molecule has 3 aromatic carbocycles. The van der Waals surface area contributed by atoms with Gasteiger partial charge >= 0.3 is 0 Å². The topological polar surface area (TPSA) is 32.8 Å². The molecule has 4 nitrogen and oxygen atoms in total. The molecule has 0 aliphatic carbocycles. The van der Waals surface area contributed by atoms with Crippen molar-refractivity contribution in [1.82, 2.24) is 4.90 Å². The number of amides is 1. The monoisotopic (exact) mass is 500 g/mol. The number of piperazine rings is 1. The van der Waals surface area contributed by atoms with Crippen molar-refractivity contribution in [2.24, 2.45) is 0 Å². The van der Waals surface area contributed by atoms with Crippen LogP contribution in [0.5, 0.6) is 5.75 Å². The van der Waals surface area contributed by atoms with Gasteiger partial charge in [-0.1, -0.05) is 59.1 Å². The lowest BCUT2D eigenvalue weighted by Gasteiger charge is -2.43. The summed E-state index contributed by atoms with van der Waals surface area (Å²) in [5.41, 5.74) is 4.20. The molecule has 5 rings (SSSR count). The van der Waals surface area contributed by atoms with Crippen LogP contribution < -0.4 is 9.64 Å². The molecule has 0 bridgehead atoms. The predicted molar refractivity (Wildman–Crippen MR) is 134 cm³/mol. The highest BCUT2D eigenvalue weighted by Crippen LogP contribution is 2.37. The van der Waals surface area contributed by atoms with Gasteiger partial charge in [0.05, 0.1) is 29.8 Å². The summed E-state index contributed by atoms with van der Waals surface area (Å²) in [4.78, 5) is 17.5. The molecular formula is C26H23Cl3N2O2. The smallest absolute Gasteiger partial charge is 0.227 e. The van der Waals surface area contributed by atoms with Crippen LogP contribution >= 0.6 is 34.8 Å². The largest absolute Gasteiger partial charge is 0.493 e. The molecule has 1 saturated heterocycles. The Kier molecular flexibility index (Phi) is 6.42. The fourth-order valence-corrected chi connectivity index (χ4v) is 5.26. The molecule has 2 aliphatic rings. The van der Waals surface area contributed by atoms with Gasteiger partial charge in [-0.05, 0) is 53.1 Å². The van der Waals surface area contributed by atoms with Gasteiger partial charge in [-0.25, -0.2) is 0 Å². The van der Waals surface area contributed by atoms with Gasteiger partial charge < -0.3 is 14.5 Å². The Hall–Kier alpha value is -2.40. The van der Waals surface area contributed by atoms with E-state index in [1.54, 1.807) is 6.07 Å². The third-order valence-electron chi connectivity index (χ3n) is 6.32. The number of halogens is 3. The van der Waals surface area contributed by atoms with Gasteiger partial charge in [0, 0.05) is 36.1 Å². The SMILES string of the molecule is O=C(Cc1ccc2c(c1)CCO2)N1CCN(c2ccc(Cl)cc2Cl)C(c2ccc(Cl)cc2)C1. The molecule has 0 radical (unpaired) electrons. The van der Waals surface area contributed by atoms with E-state index >= 15 is 0 Å². The number of nitrogens with zero attached hydrogens (tertiary/aromatic N) is 2. The molecule has 1 atom stereocenters. The molecule has 0 N–H and O–H groups in total. The Balaban J connectivity index is 1.39. The fourth-order valence-electron chi connectivity index (χ4n) is 4.62. The number of rotatable bonds is 4. The van der Waals surface area contributed by atoms with Crippen LogP contribution in [-0.2, 0) is 17.6 Å². The van der Waals surface area contributed by atoms with E-state index in [0.29, 0.717) is 47.7 Å². The summed E-state index contributed by atoms with van der Waals surface area (Å²) in [6, 6.07) is 19.3. The maximum atomic E-state index is 13.3. The average Bonchev–Trinajstić information content (AvgIpc) is 3.27. The molecule has 0 spiro atoms. The number of anilines is 1. The lowest BCUT2D eigenvalue weighted by atomic mass is 10.00. The molecule has 33 heavy (non-hydrogen) atoms. The number of hydrogen-bond donors (Lipinski definition) is 0. The van der Waals surface area contributed by atoms with Crippen LogP contribution in [0.3, 0.4) is 0 Å². The standard InChI is InChI=1S/C26H23Cl3N2O2/c27-20-4-2-18(3-5-20)24-16-30(10-11-31(24)23-7-6-21(28)15-22(23)29)26(32)14-17-1-8-25-19(13-17)9-12-33-25/h1-8,13,15,24H,9-12,14,16H2. The Morgan fingerprint density at radius 2 is 1.73 bits per heavy atom. The lowest BCUT2D eigenvalue weighted by molar-refractivity contribution is -0.131. The zero-order valence-electron chi connectivity index (χ0n) is 17.9. The summed E-state index contributed by atoms with van der Waals surface area (Å²) in [5.74, 6) is 1.05. The first kappa shape index (κ1) is 22.4. The van der Waals surface area contributed by atoms with Crippen molar-refractivity contribution >= 4 is 46.4 Å². The first-order valence-electron chi connectivity index (χ1n) is 11.0. The van der Waals surface area contributed by atoms with Crippen molar-refractivity contribution in [1.29, 1.82) is 0 Å². The number of carbonyl (C=O) groups excluding carboxylic acids is 1. The van der Waals surface area contributed by atoms with Crippen molar-refractivity contribution in [2.45, 2.75) is 18.9 Å². The molecular weight excluding hydrogens is 479 g/mol. The van der Waals surface area contributed by atoms with Crippen LogP contribution in [0.4, 0.5) is 5.69 Å². The zero-order valence-corrected chi connectivity index (χ0v) is 20.2. The van der Waals surface area contributed by atoms with Gasteiger partial charge in [0.15, 0.2) is 0 Å². The maximum Gasteiger partial charge on any atom is 0.227 e. The molecule has 0 aromatic heterocycles.